The summed E-state index contributed by atoms with van der Waals surface area (Å²) in [6, 6.07) is 20.6. The van der Waals surface area contributed by atoms with E-state index in [9.17, 15) is 4.79 Å². The van der Waals surface area contributed by atoms with Gasteiger partial charge in [-0.05, 0) is 43.3 Å². The van der Waals surface area contributed by atoms with E-state index < -0.39 is 0 Å². The third-order valence-electron chi connectivity index (χ3n) is 4.07. The second kappa shape index (κ2) is 9.49. The van der Waals surface area contributed by atoms with Gasteiger partial charge in [0, 0.05) is 23.5 Å². The van der Waals surface area contributed by atoms with Gasteiger partial charge in [-0.25, -0.2) is 0 Å². The molecule has 0 fully saturated rings. The number of carbonyl (C=O) groups excluding carboxylic acids is 1. The lowest BCUT2D eigenvalue weighted by atomic mass is 10.2. The number of ether oxygens (including phenoxy) is 1. The monoisotopic (exact) mass is 414 g/mol. The first-order chi connectivity index (χ1) is 13.5. The number of hydrogen-bond acceptors (Lipinski definition) is 3. The van der Waals surface area contributed by atoms with Crippen LogP contribution in [0.1, 0.15) is 11.1 Å². The van der Waals surface area contributed by atoms with Crippen molar-refractivity contribution in [3.05, 3.63) is 87.9 Å². The molecule has 144 valence electrons. The number of rotatable bonds is 7. The summed E-state index contributed by atoms with van der Waals surface area (Å²) in [7, 11) is 0. The van der Waals surface area contributed by atoms with Crippen LogP contribution < -0.4 is 15.4 Å². The number of halogens is 2. The Morgan fingerprint density at radius 3 is 2.39 bits per heavy atom. The minimum absolute atomic E-state index is 0.0718. The maximum Gasteiger partial charge on any atom is 0.262 e. The van der Waals surface area contributed by atoms with Crippen LogP contribution in [0.15, 0.2) is 66.7 Å². The van der Waals surface area contributed by atoms with Crippen LogP contribution in [-0.4, -0.2) is 12.5 Å². The summed E-state index contributed by atoms with van der Waals surface area (Å²) < 4.78 is 5.73. The zero-order valence-electron chi connectivity index (χ0n) is 15.3. The molecule has 0 aliphatic rings. The van der Waals surface area contributed by atoms with Crippen molar-refractivity contribution in [3.8, 4) is 5.75 Å². The molecular weight excluding hydrogens is 395 g/mol. The quantitative estimate of drug-likeness (QED) is 0.503. The summed E-state index contributed by atoms with van der Waals surface area (Å²) >= 11 is 12.0. The molecule has 0 saturated carbocycles. The number of amides is 1. The van der Waals surface area contributed by atoms with E-state index in [4.69, 9.17) is 27.9 Å². The first kappa shape index (κ1) is 20.1. The topological polar surface area (TPSA) is 50.4 Å². The predicted octanol–water partition coefficient (Wildman–Crippen LogP) is 5.93. The van der Waals surface area contributed by atoms with Gasteiger partial charge >= 0.3 is 0 Å². The van der Waals surface area contributed by atoms with Crippen LogP contribution in [0.3, 0.4) is 0 Å². The highest BCUT2D eigenvalue weighted by atomic mass is 35.5. The molecule has 3 rings (SSSR count). The molecule has 0 heterocycles. The van der Waals surface area contributed by atoms with E-state index in [1.807, 2.05) is 61.5 Å². The lowest BCUT2D eigenvalue weighted by molar-refractivity contribution is -0.118. The summed E-state index contributed by atoms with van der Waals surface area (Å²) in [5, 5.41) is 7.10. The van der Waals surface area contributed by atoms with Gasteiger partial charge in [-0.3, -0.25) is 4.79 Å². The fourth-order valence-electron chi connectivity index (χ4n) is 2.57. The third kappa shape index (κ3) is 5.65. The first-order valence-electron chi connectivity index (χ1n) is 8.77. The molecule has 0 aromatic heterocycles. The molecule has 6 heteroatoms. The minimum Gasteiger partial charge on any atom is -0.483 e. The van der Waals surface area contributed by atoms with Crippen molar-refractivity contribution in [1.29, 1.82) is 0 Å². The summed E-state index contributed by atoms with van der Waals surface area (Å²) in [6.45, 7) is 2.45. The van der Waals surface area contributed by atoms with Gasteiger partial charge in [0.25, 0.3) is 5.91 Å². The second-order valence-electron chi connectivity index (χ2n) is 6.29. The van der Waals surface area contributed by atoms with Gasteiger partial charge in [-0.2, -0.15) is 0 Å². The van der Waals surface area contributed by atoms with E-state index in [-0.39, 0.29) is 12.5 Å². The predicted molar refractivity (Wildman–Crippen MR) is 116 cm³/mol. The zero-order valence-corrected chi connectivity index (χ0v) is 16.8. The van der Waals surface area contributed by atoms with Gasteiger partial charge in [-0.15, -0.1) is 0 Å². The van der Waals surface area contributed by atoms with Crippen LogP contribution >= 0.6 is 23.2 Å². The highest BCUT2D eigenvalue weighted by Gasteiger charge is 2.08. The summed E-state index contributed by atoms with van der Waals surface area (Å²) in [5.41, 5.74) is 3.66. The fourth-order valence-corrected chi connectivity index (χ4v) is 2.87. The lowest BCUT2D eigenvalue weighted by Gasteiger charge is -2.13. The largest absolute Gasteiger partial charge is 0.483 e. The molecule has 4 nitrogen and oxygen atoms in total. The summed E-state index contributed by atoms with van der Waals surface area (Å²) in [6.07, 6.45) is 0. The summed E-state index contributed by atoms with van der Waals surface area (Å²) in [4.78, 5) is 12.2. The van der Waals surface area contributed by atoms with Crippen molar-refractivity contribution < 1.29 is 9.53 Å². The fraction of sp³-hybridized carbons (Fsp3) is 0.136. The Labute approximate surface area is 174 Å². The van der Waals surface area contributed by atoms with Gasteiger partial charge in [0.2, 0.25) is 0 Å². The maximum absolute atomic E-state index is 12.2. The third-order valence-corrected chi connectivity index (χ3v) is 4.81. The Balaban J connectivity index is 1.57. The van der Waals surface area contributed by atoms with Crippen molar-refractivity contribution >= 4 is 40.5 Å². The second-order valence-corrected chi connectivity index (χ2v) is 7.11. The number of anilines is 2. The van der Waals surface area contributed by atoms with E-state index in [2.05, 4.69) is 10.6 Å². The van der Waals surface area contributed by atoms with Crippen LogP contribution in [0.5, 0.6) is 5.75 Å². The molecule has 2 N–H and O–H groups in total. The molecular formula is C22H20Cl2N2O2. The Hall–Kier alpha value is -2.69. The molecule has 0 atom stereocenters. The molecule has 3 aromatic carbocycles. The van der Waals surface area contributed by atoms with Crippen molar-refractivity contribution in [3.63, 3.8) is 0 Å². The van der Waals surface area contributed by atoms with Crippen molar-refractivity contribution in [2.45, 2.75) is 13.5 Å². The van der Waals surface area contributed by atoms with Crippen LogP contribution in [-0.2, 0) is 11.3 Å². The van der Waals surface area contributed by atoms with E-state index in [1.165, 1.54) is 0 Å². The Morgan fingerprint density at radius 2 is 1.64 bits per heavy atom. The molecule has 28 heavy (non-hydrogen) atoms. The average Bonchev–Trinajstić information content (AvgIpc) is 2.69. The number of benzene rings is 3. The molecule has 0 saturated heterocycles. The van der Waals surface area contributed by atoms with Crippen LogP contribution in [0.2, 0.25) is 10.0 Å². The molecule has 1 amide bonds. The summed E-state index contributed by atoms with van der Waals surface area (Å²) in [5.74, 6) is 0.435. The van der Waals surface area contributed by atoms with Gasteiger partial charge in [0.1, 0.15) is 5.75 Å². The molecule has 0 bridgehead atoms. The lowest BCUT2D eigenvalue weighted by Crippen LogP contribution is -2.20. The zero-order chi connectivity index (χ0) is 19.9. The standard InChI is InChI=1S/C22H20Cl2N2O2/c1-15-6-8-17(9-7-15)26-22(27)14-28-21-5-3-2-4-16(21)13-25-18-10-11-19(23)20(24)12-18/h2-12,25H,13-14H2,1H3,(H,26,27). The molecule has 0 aliphatic carbocycles. The number of hydrogen-bond donors (Lipinski definition) is 2. The van der Waals surface area contributed by atoms with Gasteiger partial charge in [0.15, 0.2) is 6.61 Å². The molecule has 0 unspecified atom stereocenters. The SMILES string of the molecule is Cc1ccc(NC(=O)COc2ccccc2CNc2ccc(Cl)c(Cl)c2)cc1. The number of carbonyl (C=O) groups is 1. The molecule has 0 radical (unpaired) electrons. The van der Waals surface area contributed by atoms with Gasteiger partial charge in [0.05, 0.1) is 10.0 Å². The van der Waals surface area contributed by atoms with Crippen molar-refractivity contribution in [1.82, 2.24) is 0 Å². The van der Waals surface area contributed by atoms with E-state index in [0.717, 1.165) is 22.5 Å². The molecule has 3 aromatic rings. The number of nitrogens with one attached hydrogen (secondary N) is 2. The van der Waals surface area contributed by atoms with Crippen LogP contribution in [0, 0.1) is 6.92 Å². The smallest absolute Gasteiger partial charge is 0.262 e. The Bertz CT molecular complexity index is 959. The van der Waals surface area contributed by atoms with Crippen molar-refractivity contribution in [2.75, 3.05) is 17.2 Å². The highest BCUT2D eigenvalue weighted by Crippen LogP contribution is 2.26. The van der Waals surface area contributed by atoms with E-state index in [0.29, 0.717) is 22.3 Å². The van der Waals surface area contributed by atoms with Gasteiger partial charge < -0.3 is 15.4 Å². The van der Waals surface area contributed by atoms with Crippen LogP contribution in [0.4, 0.5) is 11.4 Å². The van der Waals surface area contributed by atoms with E-state index in [1.54, 1.807) is 12.1 Å². The molecule has 0 aliphatic heterocycles. The highest BCUT2D eigenvalue weighted by molar-refractivity contribution is 6.42. The Kier molecular flexibility index (Phi) is 6.80. The van der Waals surface area contributed by atoms with Crippen molar-refractivity contribution in [2.24, 2.45) is 0 Å². The van der Waals surface area contributed by atoms with Crippen LogP contribution in [0.25, 0.3) is 0 Å². The Morgan fingerprint density at radius 1 is 0.929 bits per heavy atom. The average molecular weight is 415 g/mol. The molecule has 0 spiro atoms. The number of para-hydroxylation sites is 1. The minimum atomic E-state index is -0.212. The first-order valence-corrected chi connectivity index (χ1v) is 9.53. The van der Waals surface area contributed by atoms with Gasteiger partial charge in [-0.1, -0.05) is 59.1 Å². The number of aryl methyl sites for hydroxylation is 1. The normalized spacial score (nSPS) is 10.4. The maximum atomic E-state index is 12.2. The van der Waals surface area contributed by atoms with E-state index >= 15 is 0 Å².